The van der Waals surface area contributed by atoms with Crippen LogP contribution in [0.15, 0.2) is 44.4 Å². The van der Waals surface area contributed by atoms with Gasteiger partial charge in [0.2, 0.25) is 0 Å². The Morgan fingerprint density at radius 2 is 1.95 bits per heavy atom. The molecule has 0 unspecified atom stereocenters. The normalized spacial score (nSPS) is 10.8. The van der Waals surface area contributed by atoms with Crippen LogP contribution in [0, 0.1) is 0 Å². The third-order valence-electron chi connectivity index (χ3n) is 2.50. The summed E-state index contributed by atoms with van der Waals surface area (Å²) in [4.78, 5) is 4.60. The standard InChI is InChI=1S/C13H11N3OS3/c17-7-6-11-15-16-13(19-11)20-12-14-10(8-18-12)9-4-2-1-3-5-9/h1-5,8,17H,6-7H2. The van der Waals surface area contributed by atoms with Gasteiger partial charge in [0.1, 0.15) is 5.01 Å². The number of rotatable bonds is 5. The molecule has 0 saturated heterocycles. The molecule has 1 N–H and O–H groups in total. The van der Waals surface area contributed by atoms with Crippen LogP contribution in [-0.4, -0.2) is 26.9 Å². The van der Waals surface area contributed by atoms with Crippen molar-refractivity contribution in [1.29, 1.82) is 0 Å². The van der Waals surface area contributed by atoms with Gasteiger partial charge >= 0.3 is 0 Å². The fourth-order valence-electron chi connectivity index (χ4n) is 1.60. The fourth-order valence-corrected chi connectivity index (χ4v) is 4.51. The molecule has 0 radical (unpaired) electrons. The lowest BCUT2D eigenvalue weighted by atomic mass is 10.2. The molecule has 0 aliphatic carbocycles. The van der Waals surface area contributed by atoms with Crippen molar-refractivity contribution >= 4 is 34.4 Å². The number of aromatic nitrogens is 3. The Bertz CT molecular complexity index is 681. The van der Waals surface area contributed by atoms with E-state index in [0.29, 0.717) is 6.42 Å². The monoisotopic (exact) mass is 321 g/mol. The Kier molecular flexibility index (Phi) is 4.41. The van der Waals surface area contributed by atoms with Crippen molar-refractivity contribution in [3.8, 4) is 11.3 Å². The molecule has 2 heterocycles. The van der Waals surface area contributed by atoms with E-state index in [-0.39, 0.29) is 6.61 Å². The Labute approximate surface area is 128 Å². The van der Waals surface area contributed by atoms with E-state index in [0.717, 1.165) is 24.9 Å². The zero-order valence-corrected chi connectivity index (χ0v) is 12.8. The predicted octanol–water partition coefficient (Wildman–Crippen LogP) is 3.35. The maximum absolute atomic E-state index is 8.87. The highest BCUT2D eigenvalue weighted by molar-refractivity contribution is 8.02. The molecule has 4 nitrogen and oxygen atoms in total. The molecule has 0 atom stereocenters. The third-order valence-corrected chi connectivity index (χ3v) is 5.47. The highest BCUT2D eigenvalue weighted by atomic mass is 32.2. The third kappa shape index (κ3) is 3.24. The van der Waals surface area contributed by atoms with Gasteiger partial charge in [0.25, 0.3) is 0 Å². The van der Waals surface area contributed by atoms with E-state index < -0.39 is 0 Å². The van der Waals surface area contributed by atoms with Crippen LogP contribution in [0.3, 0.4) is 0 Å². The molecular weight excluding hydrogens is 310 g/mol. The number of benzene rings is 1. The van der Waals surface area contributed by atoms with Crippen LogP contribution in [-0.2, 0) is 6.42 Å². The molecule has 7 heteroatoms. The lowest BCUT2D eigenvalue weighted by Crippen LogP contribution is -1.88. The summed E-state index contributed by atoms with van der Waals surface area (Å²) >= 11 is 4.63. The minimum absolute atomic E-state index is 0.106. The summed E-state index contributed by atoms with van der Waals surface area (Å²) in [6, 6.07) is 10.1. The van der Waals surface area contributed by atoms with Gasteiger partial charge in [0.15, 0.2) is 8.68 Å². The molecule has 1 aromatic carbocycles. The van der Waals surface area contributed by atoms with E-state index in [1.807, 2.05) is 35.7 Å². The topological polar surface area (TPSA) is 58.9 Å². The van der Waals surface area contributed by atoms with Gasteiger partial charge in [0.05, 0.1) is 5.69 Å². The lowest BCUT2D eigenvalue weighted by molar-refractivity contribution is 0.299. The summed E-state index contributed by atoms with van der Waals surface area (Å²) in [6.07, 6.45) is 0.561. The van der Waals surface area contributed by atoms with Crippen LogP contribution in [0.4, 0.5) is 0 Å². The van der Waals surface area contributed by atoms with Crippen LogP contribution < -0.4 is 0 Å². The van der Waals surface area contributed by atoms with Gasteiger partial charge in [-0.3, -0.25) is 0 Å². The summed E-state index contributed by atoms with van der Waals surface area (Å²) in [5, 5.41) is 19.9. The predicted molar refractivity (Wildman–Crippen MR) is 82.4 cm³/mol. The van der Waals surface area contributed by atoms with E-state index in [1.165, 1.54) is 23.1 Å². The molecule has 3 aromatic rings. The molecule has 0 fully saturated rings. The van der Waals surface area contributed by atoms with Crippen molar-refractivity contribution in [2.24, 2.45) is 0 Å². The number of nitrogens with zero attached hydrogens (tertiary/aromatic N) is 3. The lowest BCUT2D eigenvalue weighted by Gasteiger charge is -1.93. The molecule has 0 aliphatic heterocycles. The summed E-state index contributed by atoms with van der Waals surface area (Å²) in [5.74, 6) is 0. The average molecular weight is 321 g/mol. The largest absolute Gasteiger partial charge is 0.396 e. The zero-order valence-electron chi connectivity index (χ0n) is 10.4. The fraction of sp³-hybridized carbons (Fsp3) is 0.154. The highest BCUT2D eigenvalue weighted by Crippen LogP contribution is 2.34. The van der Waals surface area contributed by atoms with Crippen molar-refractivity contribution in [3.05, 3.63) is 40.7 Å². The maximum Gasteiger partial charge on any atom is 0.181 e. The Hall–Kier alpha value is -1.28. The van der Waals surface area contributed by atoms with Crippen molar-refractivity contribution in [3.63, 3.8) is 0 Å². The van der Waals surface area contributed by atoms with Crippen molar-refractivity contribution < 1.29 is 5.11 Å². The first-order valence-corrected chi connectivity index (χ1v) is 8.48. The molecular formula is C13H11N3OS3. The maximum atomic E-state index is 8.87. The van der Waals surface area contributed by atoms with Gasteiger partial charge in [-0.05, 0) is 11.8 Å². The van der Waals surface area contributed by atoms with Crippen LogP contribution in [0.2, 0.25) is 0 Å². The summed E-state index contributed by atoms with van der Waals surface area (Å²) in [6.45, 7) is 0.106. The second kappa shape index (κ2) is 6.45. The average Bonchev–Trinajstić information content (AvgIpc) is 3.11. The molecule has 0 amide bonds. The quantitative estimate of drug-likeness (QED) is 0.781. The van der Waals surface area contributed by atoms with Crippen LogP contribution >= 0.6 is 34.4 Å². The van der Waals surface area contributed by atoms with E-state index in [2.05, 4.69) is 15.2 Å². The van der Waals surface area contributed by atoms with Crippen molar-refractivity contribution in [1.82, 2.24) is 15.2 Å². The smallest absolute Gasteiger partial charge is 0.181 e. The van der Waals surface area contributed by atoms with E-state index in [1.54, 1.807) is 11.3 Å². The van der Waals surface area contributed by atoms with E-state index in [9.17, 15) is 0 Å². The Morgan fingerprint density at radius 1 is 1.10 bits per heavy atom. The molecule has 3 rings (SSSR count). The number of hydrogen-bond donors (Lipinski definition) is 1. The Morgan fingerprint density at radius 3 is 2.75 bits per heavy atom. The second-order valence-corrected chi connectivity index (χ2v) is 7.32. The summed E-state index contributed by atoms with van der Waals surface area (Å²) in [5.41, 5.74) is 2.10. The van der Waals surface area contributed by atoms with Crippen LogP contribution in [0.25, 0.3) is 11.3 Å². The van der Waals surface area contributed by atoms with Gasteiger partial charge in [-0.2, -0.15) is 0 Å². The minimum Gasteiger partial charge on any atom is -0.396 e. The first-order valence-electron chi connectivity index (χ1n) is 5.97. The number of hydrogen-bond acceptors (Lipinski definition) is 7. The molecule has 0 spiro atoms. The second-order valence-electron chi connectivity index (χ2n) is 3.90. The molecule has 0 bridgehead atoms. The zero-order chi connectivity index (χ0) is 13.8. The van der Waals surface area contributed by atoms with Crippen LogP contribution in [0.1, 0.15) is 5.01 Å². The van der Waals surface area contributed by atoms with E-state index in [4.69, 9.17) is 5.11 Å². The van der Waals surface area contributed by atoms with Crippen molar-refractivity contribution in [2.45, 2.75) is 15.1 Å². The summed E-state index contributed by atoms with van der Waals surface area (Å²) < 4.78 is 1.82. The van der Waals surface area contributed by atoms with Crippen LogP contribution in [0.5, 0.6) is 0 Å². The van der Waals surface area contributed by atoms with Gasteiger partial charge in [-0.15, -0.1) is 21.5 Å². The molecule has 2 aromatic heterocycles. The SMILES string of the molecule is OCCc1nnc(Sc2nc(-c3ccccc3)cs2)s1. The summed E-state index contributed by atoms with van der Waals surface area (Å²) in [7, 11) is 0. The number of aliphatic hydroxyl groups excluding tert-OH is 1. The Balaban J connectivity index is 1.73. The number of aliphatic hydroxyl groups is 1. The van der Waals surface area contributed by atoms with Gasteiger partial charge < -0.3 is 5.11 Å². The van der Waals surface area contributed by atoms with Gasteiger partial charge in [-0.1, -0.05) is 41.7 Å². The van der Waals surface area contributed by atoms with Gasteiger partial charge in [-0.25, -0.2) is 4.98 Å². The highest BCUT2D eigenvalue weighted by Gasteiger charge is 2.10. The molecule has 20 heavy (non-hydrogen) atoms. The van der Waals surface area contributed by atoms with E-state index >= 15 is 0 Å². The molecule has 0 saturated carbocycles. The first-order chi connectivity index (χ1) is 9.85. The molecule has 0 aliphatic rings. The van der Waals surface area contributed by atoms with Crippen molar-refractivity contribution in [2.75, 3.05) is 6.61 Å². The molecule has 102 valence electrons. The minimum atomic E-state index is 0.106. The number of thiazole rings is 1. The first kappa shape index (κ1) is 13.7. The van der Waals surface area contributed by atoms with Gasteiger partial charge in [0, 0.05) is 24.0 Å².